The number of aryl methyl sites for hydroxylation is 2. The summed E-state index contributed by atoms with van der Waals surface area (Å²) in [7, 11) is 0. The van der Waals surface area contributed by atoms with E-state index in [1.54, 1.807) is 0 Å². The topological polar surface area (TPSA) is 38.8 Å². The molecule has 2 aliphatic heterocycles. The quantitative estimate of drug-likeness (QED) is 0.491. The molecular weight excluding hydrogens is 398 g/mol. The highest BCUT2D eigenvalue weighted by Crippen LogP contribution is 2.43. The molecule has 0 radical (unpaired) electrons. The number of rotatable bonds is 5. The number of ketones is 1. The van der Waals surface area contributed by atoms with Gasteiger partial charge in [0.1, 0.15) is 18.2 Å². The zero-order valence-electron chi connectivity index (χ0n) is 18.6. The first-order valence-electron chi connectivity index (χ1n) is 11.1. The number of allylic oxidation sites excluding steroid dienone is 1. The molecule has 0 amide bonds. The Hall–Kier alpha value is -3.37. The van der Waals surface area contributed by atoms with Gasteiger partial charge in [-0.1, -0.05) is 60.2 Å². The van der Waals surface area contributed by atoms with Gasteiger partial charge in [-0.25, -0.2) is 0 Å². The third kappa shape index (κ3) is 4.06. The van der Waals surface area contributed by atoms with Crippen molar-refractivity contribution in [2.75, 3.05) is 13.3 Å². The highest BCUT2D eigenvalue weighted by molar-refractivity contribution is 6.15. The second-order valence-corrected chi connectivity index (χ2v) is 8.63. The second kappa shape index (κ2) is 8.64. The fourth-order valence-electron chi connectivity index (χ4n) is 4.41. The van der Waals surface area contributed by atoms with Gasteiger partial charge in [0.05, 0.1) is 5.56 Å². The van der Waals surface area contributed by atoms with E-state index < -0.39 is 0 Å². The lowest BCUT2D eigenvalue weighted by Gasteiger charge is -2.30. The monoisotopic (exact) mass is 425 g/mol. The average Bonchev–Trinajstić information content (AvgIpc) is 3.12. The molecular formula is C28H27NO3. The molecule has 4 nitrogen and oxygen atoms in total. The van der Waals surface area contributed by atoms with Crippen molar-refractivity contribution in [1.82, 2.24) is 4.90 Å². The fraction of sp³-hybridized carbons (Fsp3) is 0.250. The van der Waals surface area contributed by atoms with Gasteiger partial charge in [0.15, 0.2) is 5.76 Å². The van der Waals surface area contributed by atoms with Crippen LogP contribution in [0, 0.1) is 13.8 Å². The second-order valence-electron chi connectivity index (χ2n) is 8.63. The van der Waals surface area contributed by atoms with Gasteiger partial charge in [-0.3, -0.25) is 9.69 Å². The molecule has 162 valence electrons. The van der Waals surface area contributed by atoms with Crippen LogP contribution in [0.3, 0.4) is 0 Å². The van der Waals surface area contributed by atoms with E-state index in [1.807, 2.05) is 56.3 Å². The fourth-order valence-corrected chi connectivity index (χ4v) is 4.41. The summed E-state index contributed by atoms with van der Waals surface area (Å²) < 4.78 is 12.1. The van der Waals surface area contributed by atoms with Crippen LogP contribution in [0.2, 0.25) is 0 Å². The highest BCUT2D eigenvalue weighted by atomic mass is 16.5. The Labute approximate surface area is 189 Å². The minimum atomic E-state index is -0.0623. The molecule has 2 heterocycles. The summed E-state index contributed by atoms with van der Waals surface area (Å²) in [5, 5.41) is 0. The molecule has 3 aromatic rings. The summed E-state index contributed by atoms with van der Waals surface area (Å²) in [6, 6.07) is 20.6. The Morgan fingerprint density at radius 1 is 1.00 bits per heavy atom. The van der Waals surface area contributed by atoms with Gasteiger partial charge in [0.2, 0.25) is 5.78 Å². The number of benzene rings is 3. The van der Waals surface area contributed by atoms with E-state index >= 15 is 0 Å². The predicted octanol–water partition coefficient (Wildman–Crippen LogP) is 5.70. The average molecular weight is 426 g/mol. The van der Waals surface area contributed by atoms with Crippen LogP contribution in [-0.4, -0.2) is 24.0 Å². The molecule has 5 rings (SSSR count). The molecule has 0 N–H and O–H groups in total. The van der Waals surface area contributed by atoms with E-state index in [4.69, 9.17) is 9.47 Å². The number of hydrogen-bond acceptors (Lipinski definition) is 4. The van der Waals surface area contributed by atoms with Crippen molar-refractivity contribution < 1.29 is 14.3 Å². The Morgan fingerprint density at radius 2 is 1.78 bits per heavy atom. The molecule has 0 saturated carbocycles. The molecule has 2 aliphatic rings. The van der Waals surface area contributed by atoms with Crippen molar-refractivity contribution in [2.24, 2.45) is 0 Å². The first-order chi connectivity index (χ1) is 15.6. The van der Waals surface area contributed by atoms with Gasteiger partial charge in [-0.15, -0.1) is 0 Å². The summed E-state index contributed by atoms with van der Waals surface area (Å²) in [5.41, 5.74) is 6.09. The van der Waals surface area contributed by atoms with Crippen molar-refractivity contribution in [2.45, 2.75) is 33.2 Å². The van der Waals surface area contributed by atoms with Crippen LogP contribution < -0.4 is 9.47 Å². The van der Waals surface area contributed by atoms with E-state index in [2.05, 4.69) is 29.2 Å². The number of ether oxygens (including phenoxy) is 2. The summed E-state index contributed by atoms with van der Waals surface area (Å²) in [6.45, 7) is 6.31. The van der Waals surface area contributed by atoms with Crippen molar-refractivity contribution in [1.29, 1.82) is 0 Å². The van der Waals surface area contributed by atoms with E-state index in [0.29, 0.717) is 23.8 Å². The number of carbonyl (C=O) groups is 1. The maximum Gasteiger partial charge on any atom is 0.231 e. The smallest absolute Gasteiger partial charge is 0.231 e. The number of nitrogens with zero attached hydrogens (tertiary/aromatic N) is 1. The lowest BCUT2D eigenvalue weighted by Crippen LogP contribution is -2.33. The molecule has 0 atom stereocenters. The molecule has 4 heteroatoms. The molecule has 0 aliphatic carbocycles. The zero-order chi connectivity index (χ0) is 22.1. The van der Waals surface area contributed by atoms with Crippen molar-refractivity contribution in [3.05, 3.63) is 99.8 Å². The third-order valence-electron chi connectivity index (χ3n) is 6.16. The molecule has 0 aromatic heterocycles. The number of hydrogen-bond donors (Lipinski definition) is 0. The molecule has 0 fully saturated rings. The SMILES string of the molecule is Cc1ccc(/C=C2\Oc3c(cc4c(c3C)OCN(CCCc3ccccc3)C4)C2=O)cc1. The van der Waals surface area contributed by atoms with Crippen LogP contribution in [0.5, 0.6) is 11.5 Å². The molecule has 0 bridgehead atoms. The lowest BCUT2D eigenvalue weighted by atomic mass is 9.99. The largest absolute Gasteiger partial charge is 0.477 e. The summed E-state index contributed by atoms with van der Waals surface area (Å²) in [6.07, 6.45) is 3.93. The minimum Gasteiger partial charge on any atom is -0.477 e. The Balaban J connectivity index is 1.31. The summed E-state index contributed by atoms with van der Waals surface area (Å²) in [5.74, 6) is 1.79. The Morgan fingerprint density at radius 3 is 2.56 bits per heavy atom. The van der Waals surface area contributed by atoms with E-state index in [0.717, 1.165) is 48.4 Å². The van der Waals surface area contributed by atoms with Crippen LogP contribution in [0.25, 0.3) is 6.08 Å². The van der Waals surface area contributed by atoms with Crippen molar-refractivity contribution >= 4 is 11.9 Å². The van der Waals surface area contributed by atoms with E-state index in [9.17, 15) is 4.79 Å². The predicted molar refractivity (Wildman–Crippen MR) is 126 cm³/mol. The molecule has 0 spiro atoms. The van der Waals surface area contributed by atoms with Gasteiger partial charge < -0.3 is 9.47 Å². The van der Waals surface area contributed by atoms with Crippen LogP contribution >= 0.6 is 0 Å². The standard InChI is InChI=1S/C28H27NO3/c1-19-10-12-22(13-11-19)15-25-26(30)24-16-23-17-29(14-6-9-21-7-4-3-5-8-21)18-31-27(23)20(2)28(24)32-25/h3-5,7-8,10-13,15-16H,6,9,14,17-18H2,1-2H3/b25-15-. The Kier molecular flexibility index (Phi) is 5.54. The van der Waals surface area contributed by atoms with Gasteiger partial charge in [0, 0.05) is 24.2 Å². The first kappa shape index (κ1) is 20.5. The van der Waals surface area contributed by atoms with Gasteiger partial charge in [0.25, 0.3) is 0 Å². The summed E-state index contributed by atoms with van der Waals surface area (Å²) in [4.78, 5) is 15.4. The molecule has 0 unspecified atom stereocenters. The number of fused-ring (bicyclic) bond motifs is 2. The maximum absolute atomic E-state index is 13.1. The highest BCUT2D eigenvalue weighted by Gasteiger charge is 2.33. The number of carbonyl (C=O) groups excluding carboxylic acids is 1. The maximum atomic E-state index is 13.1. The normalized spacial score (nSPS) is 16.4. The first-order valence-corrected chi connectivity index (χ1v) is 11.1. The van der Waals surface area contributed by atoms with Gasteiger partial charge in [-0.05, 0) is 50.0 Å². The summed E-state index contributed by atoms with van der Waals surface area (Å²) >= 11 is 0. The van der Waals surface area contributed by atoms with E-state index in [1.165, 1.54) is 11.1 Å². The van der Waals surface area contributed by atoms with Crippen LogP contribution in [0.15, 0.2) is 66.4 Å². The van der Waals surface area contributed by atoms with Gasteiger partial charge in [-0.2, -0.15) is 0 Å². The van der Waals surface area contributed by atoms with Crippen LogP contribution in [0.1, 0.15) is 44.6 Å². The van der Waals surface area contributed by atoms with E-state index in [-0.39, 0.29) is 5.78 Å². The van der Waals surface area contributed by atoms with Crippen LogP contribution in [0.4, 0.5) is 0 Å². The zero-order valence-corrected chi connectivity index (χ0v) is 18.6. The van der Waals surface area contributed by atoms with Gasteiger partial charge >= 0.3 is 0 Å². The Bertz CT molecular complexity index is 1180. The molecule has 3 aromatic carbocycles. The van der Waals surface area contributed by atoms with Crippen molar-refractivity contribution in [3.63, 3.8) is 0 Å². The lowest BCUT2D eigenvalue weighted by molar-refractivity contribution is 0.0932. The molecule has 0 saturated heterocycles. The van der Waals surface area contributed by atoms with Crippen LogP contribution in [-0.2, 0) is 13.0 Å². The van der Waals surface area contributed by atoms with Crippen molar-refractivity contribution in [3.8, 4) is 11.5 Å². The molecule has 32 heavy (non-hydrogen) atoms. The third-order valence-corrected chi connectivity index (χ3v) is 6.16. The minimum absolute atomic E-state index is 0.0623. The number of Topliss-reactive ketones (excluding diaryl/α,β-unsaturated/α-hetero) is 1.